The van der Waals surface area contributed by atoms with E-state index in [-0.39, 0.29) is 12.7 Å². The van der Waals surface area contributed by atoms with Crippen molar-refractivity contribution >= 4 is 11.8 Å². The van der Waals surface area contributed by atoms with Crippen LogP contribution in [0.3, 0.4) is 0 Å². The molecule has 1 fully saturated rings. The summed E-state index contributed by atoms with van der Waals surface area (Å²) in [6.45, 7) is 5.66. The van der Waals surface area contributed by atoms with Crippen LogP contribution in [0.4, 0.5) is 14.6 Å². The first-order chi connectivity index (χ1) is 18.7. The van der Waals surface area contributed by atoms with Crippen molar-refractivity contribution in [1.29, 1.82) is 0 Å². The third kappa shape index (κ3) is 6.52. The number of pyridine rings is 1. The fraction of sp³-hybridized carbons (Fsp3) is 0.600. The van der Waals surface area contributed by atoms with E-state index in [1.807, 2.05) is 4.90 Å². The zero-order chi connectivity index (χ0) is 27.6. The molecule has 3 aliphatic heterocycles. The number of carbonyl (C=O) groups is 1. The summed E-state index contributed by atoms with van der Waals surface area (Å²) >= 11 is 0. The van der Waals surface area contributed by atoms with E-state index in [0.29, 0.717) is 49.4 Å². The lowest BCUT2D eigenvalue weighted by Gasteiger charge is -2.35. The summed E-state index contributed by atoms with van der Waals surface area (Å²) in [5, 5.41) is 13.6. The number of hydrogen-bond donors (Lipinski definition) is 2. The van der Waals surface area contributed by atoms with Gasteiger partial charge in [0, 0.05) is 49.5 Å². The monoisotopic (exact) mass is 543 g/mol. The van der Waals surface area contributed by atoms with Gasteiger partial charge in [0.2, 0.25) is 0 Å². The predicted octanol–water partition coefficient (Wildman–Crippen LogP) is 5.12. The molecule has 9 heteroatoms. The molecule has 4 heterocycles. The van der Waals surface area contributed by atoms with E-state index < -0.39 is 29.4 Å². The highest BCUT2D eigenvalue weighted by Crippen LogP contribution is 2.40. The van der Waals surface area contributed by atoms with E-state index in [4.69, 9.17) is 14.5 Å². The van der Waals surface area contributed by atoms with Crippen molar-refractivity contribution in [2.75, 3.05) is 38.2 Å². The number of aryl methyl sites for hydroxylation is 2. The van der Waals surface area contributed by atoms with Gasteiger partial charge in [-0.1, -0.05) is 6.07 Å². The second kappa shape index (κ2) is 11.8. The van der Waals surface area contributed by atoms with E-state index in [1.165, 1.54) is 31.5 Å². The number of fused-ring (bicyclic) bond motifs is 2. The summed E-state index contributed by atoms with van der Waals surface area (Å²) in [5.41, 5.74) is 1.80. The lowest BCUT2D eigenvalue weighted by molar-refractivity contribution is -0.143. The van der Waals surface area contributed by atoms with Gasteiger partial charge in [-0.15, -0.1) is 0 Å². The second-order valence-electron chi connectivity index (χ2n) is 11.6. The molecule has 0 bridgehead atoms. The number of nitrogens with zero attached hydrogens (tertiary/aromatic N) is 2. The fourth-order valence-electron chi connectivity index (χ4n) is 5.94. The molecule has 2 N–H and O–H groups in total. The van der Waals surface area contributed by atoms with E-state index in [1.54, 1.807) is 0 Å². The number of benzene rings is 1. The zero-order valence-corrected chi connectivity index (χ0v) is 22.8. The first kappa shape index (κ1) is 27.8. The summed E-state index contributed by atoms with van der Waals surface area (Å²) in [7, 11) is 0. The molecule has 1 saturated heterocycles. The molecule has 0 radical (unpaired) electrons. The Bertz CT molecular complexity index is 1190. The number of hydrogen-bond acceptors (Lipinski definition) is 6. The zero-order valence-electron chi connectivity index (χ0n) is 22.8. The van der Waals surface area contributed by atoms with Crippen LogP contribution in [-0.2, 0) is 28.8 Å². The van der Waals surface area contributed by atoms with Crippen LogP contribution in [-0.4, -0.2) is 65.6 Å². The minimum absolute atomic E-state index is 0.0870. The van der Waals surface area contributed by atoms with Crippen molar-refractivity contribution in [3.63, 3.8) is 0 Å². The number of nitrogens with one attached hydrogen (secondary N) is 1. The molecule has 0 aliphatic carbocycles. The van der Waals surface area contributed by atoms with Crippen LogP contribution in [0, 0.1) is 11.7 Å². The molecule has 212 valence electrons. The lowest BCUT2D eigenvalue weighted by Crippen LogP contribution is -2.38. The number of likely N-dealkylation sites (tertiary alicyclic amines) is 1. The maximum Gasteiger partial charge on any atom is 0.325 e. The Morgan fingerprint density at radius 1 is 1.33 bits per heavy atom. The van der Waals surface area contributed by atoms with Gasteiger partial charge in [0.15, 0.2) is 0 Å². The van der Waals surface area contributed by atoms with Crippen LogP contribution in [0.2, 0.25) is 0 Å². The van der Waals surface area contributed by atoms with Gasteiger partial charge in [-0.05, 0) is 82.1 Å². The van der Waals surface area contributed by atoms with Gasteiger partial charge in [0.05, 0.1) is 12.7 Å². The molecule has 0 spiro atoms. The fourth-order valence-corrected chi connectivity index (χ4v) is 5.94. The molecule has 5 rings (SSSR count). The molecule has 7 nitrogen and oxygen atoms in total. The number of aromatic nitrogens is 1. The van der Waals surface area contributed by atoms with E-state index >= 15 is 0 Å². The summed E-state index contributed by atoms with van der Waals surface area (Å²) in [4.78, 5) is 19.0. The van der Waals surface area contributed by atoms with E-state index in [0.717, 1.165) is 50.2 Å². The number of aliphatic carboxylic acids is 1. The van der Waals surface area contributed by atoms with Crippen LogP contribution in [0.1, 0.15) is 68.0 Å². The van der Waals surface area contributed by atoms with Crippen molar-refractivity contribution in [2.24, 2.45) is 5.92 Å². The summed E-state index contributed by atoms with van der Waals surface area (Å²) < 4.78 is 41.1. The van der Waals surface area contributed by atoms with Crippen LogP contribution < -0.4 is 10.1 Å². The molecule has 0 amide bonds. The molecule has 2 aromatic rings. The first-order valence-corrected chi connectivity index (χ1v) is 14.1. The highest BCUT2D eigenvalue weighted by Gasteiger charge is 2.40. The van der Waals surface area contributed by atoms with Gasteiger partial charge in [0.25, 0.3) is 0 Å². The van der Waals surface area contributed by atoms with Gasteiger partial charge in [0.1, 0.15) is 29.1 Å². The topological polar surface area (TPSA) is 83.9 Å². The van der Waals surface area contributed by atoms with Gasteiger partial charge in [-0.2, -0.15) is 0 Å². The average molecular weight is 544 g/mol. The van der Waals surface area contributed by atoms with Crippen molar-refractivity contribution in [3.8, 4) is 5.75 Å². The number of unbranched alkanes of at least 4 members (excludes halogenated alkanes) is 1. The number of anilines is 1. The lowest BCUT2D eigenvalue weighted by atomic mass is 9.82. The summed E-state index contributed by atoms with van der Waals surface area (Å²) in [5.74, 6) is -0.718. The van der Waals surface area contributed by atoms with Crippen LogP contribution in [0.5, 0.6) is 5.75 Å². The van der Waals surface area contributed by atoms with Gasteiger partial charge < -0.3 is 19.9 Å². The van der Waals surface area contributed by atoms with Gasteiger partial charge in [-0.25, -0.2) is 13.8 Å². The second-order valence-corrected chi connectivity index (χ2v) is 11.6. The standard InChI is InChI=1S/C30H39F2N3O4/c1-30(2,32)20-14-24-25(15-21(31)16-26(24)39-18-20)27(29(36)37)35-12-10-23(17-35)38-13-4-3-7-22-9-8-19-6-5-11-33-28(19)34-22/h8-9,15-16,20,23,27H,3-7,10-14,17-18H2,1-2H3,(H,33,34)(H,36,37). The SMILES string of the molecule is CC(C)(F)C1COc2cc(F)cc(C(C(=O)O)N3CCC(OCCCCc4ccc5c(n4)NCCC5)C3)c2C1. The molecule has 1 aromatic carbocycles. The predicted molar refractivity (Wildman–Crippen MR) is 145 cm³/mol. The largest absolute Gasteiger partial charge is 0.493 e. The minimum Gasteiger partial charge on any atom is -0.493 e. The van der Waals surface area contributed by atoms with Gasteiger partial charge in [-0.3, -0.25) is 9.69 Å². The smallest absolute Gasteiger partial charge is 0.325 e. The third-order valence-electron chi connectivity index (χ3n) is 8.27. The maximum atomic E-state index is 14.7. The summed E-state index contributed by atoms with van der Waals surface area (Å²) in [6, 6.07) is 5.78. The molecule has 3 unspecified atom stereocenters. The van der Waals surface area contributed by atoms with Crippen molar-refractivity contribution in [3.05, 3.63) is 52.5 Å². The molecule has 3 aliphatic rings. The number of halogens is 2. The Morgan fingerprint density at radius 3 is 2.97 bits per heavy atom. The van der Waals surface area contributed by atoms with Gasteiger partial charge >= 0.3 is 5.97 Å². The number of carboxylic acids is 1. The Balaban J connectivity index is 1.16. The Hall–Kier alpha value is -2.78. The van der Waals surface area contributed by atoms with Crippen molar-refractivity contribution in [2.45, 2.75) is 76.6 Å². The van der Waals surface area contributed by atoms with Crippen LogP contribution in [0.15, 0.2) is 24.3 Å². The molecule has 0 saturated carbocycles. The quantitative estimate of drug-likeness (QED) is 0.403. The van der Waals surface area contributed by atoms with Crippen molar-refractivity contribution in [1.82, 2.24) is 9.88 Å². The van der Waals surface area contributed by atoms with Crippen LogP contribution in [0.25, 0.3) is 0 Å². The number of ether oxygens (including phenoxy) is 2. The molecular weight excluding hydrogens is 504 g/mol. The summed E-state index contributed by atoms with van der Waals surface area (Å²) in [6.07, 6.45) is 5.89. The normalized spacial score (nSPS) is 21.9. The third-order valence-corrected chi connectivity index (χ3v) is 8.27. The Labute approximate surface area is 228 Å². The number of rotatable bonds is 10. The van der Waals surface area contributed by atoms with E-state index in [2.05, 4.69) is 17.4 Å². The molecule has 3 atom stereocenters. The minimum atomic E-state index is -1.50. The van der Waals surface area contributed by atoms with Crippen molar-refractivity contribution < 1.29 is 28.2 Å². The highest BCUT2D eigenvalue weighted by atomic mass is 19.1. The Morgan fingerprint density at radius 2 is 2.18 bits per heavy atom. The average Bonchev–Trinajstić information content (AvgIpc) is 3.35. The first-order valence-electron chi connectivity index (χ1n) is 14.1. The highest BCUT2D eigenvalue weighted by molar-refractivity contribution is 5.77. The molecule has 39 heavy (non-hydrogen) atoms. The molecule has 1 aromatic heterocycles. The number of carboxylic acid groups (broad SMARTS) is 1. The maximum absolute atomic E-state index is 14.7. The Kier molecular flexibility index (Phi) is 8.38. The number of alkyl halides is 1. The van der Waals surface area contributed by atoms with Crippen LogP contribution >= 0.6 is 0 Å². The van der Waals surface area contributed by atoms with E-state index in [9.17, 15) is 18.7 Å². The molecular formula is C30H39F2N3O4.